The van der Waals surface area contributed by atoms with Crippen LogP contribution in [0.4, 0.5) is 0 Å². The molecule has 2 aliphatic heterocycles. The summed E-state index contributed by atoms with van der Waals surface area (Å²) in [6.07, 6.45) is 3.54. The quantitative estimate of drug-likeness (QED) is 0.143. The number of aliphatic hydroxyl groups excluding tert-OH is 1. The summed E-state index contributed by atoms with van der Waals surface area (Å²) in [4.78, 5) is 31.7. The Morgan fingerprint density at radius 1 is 0.826 bits per heavy atom. The molecule has 0 saturated carbocycles. The van der Waals surface area contributed by atoms with E-state index in [2.05, 4.69) is 11.1 Å². The Hall–Kier alpha value is -4.54. The third-order valence-corrected chi connectivity index (χ3v) is 9.62. The van der Waals surface area contributed by atoms with Crippen LogP contribution in [0.15, 0.2) is 115 Å². The monoisotopic (exact) mass is 631 g/mol. The van der Waals surface area contributed by atoms with E-state index in [0.29, 0.717) is 17.5 Å². The van der Waals surface area contributed by atoms with E-state index in [-0.39, 0.29) is 37.2 Å². The SMILES string of the molecule is Cn1ccnc1SC[C@@H]1C[C@H](c2ccc(CO)cc2)O[C@H](c2cccc(-c3cccc(CN4C(=O)c5ccccc5C4=O)c3)c2)O1. The number of rotatable bonds is 9. The van der Waals surface area contributed by atoms with Crippen LogP contribution in [-0.4, -0.2) is 43.2 Å². The van der Waals surface area contributed by atoms with Crippen molar-refractivity contribution >= 4 is 23.6 Å². The maximum Gasteiger partial charge on any atom is 0.261 e. The van der Waals surface area contributed by atoms with Crippen LogP contribution in [-0.2, 0) is 29.7 Å². The number of benzene rings is 4. The van der Waals surface area contributed by atoms with Crippen LogP contribution < -0.4 is 0 Å². The maximum atomic E-state index is 13.0. The first-order valence-electron chi connectivity index (χ1n) is 15.2. The zero-order valence-corrected chi connectivity index (χ0v) is 26.1. The Morgan fingerprint density at radius 2 is 1.54 bits per heavy atom. The van der Waals surface area contributed by atoms with Crippen LogP contribution in [0.3, 0.4) is 0 Å². The van der Waals surface area contributed by atoms with E-state index in [1.54, 1.807) is 42.2 Å². The lowest BCUT2D eigenvalue weighted by Crippen LogP contribution is -2.31. The summed E-state index contributed by atoms with van der Waals surface area (Å²) in [6.45, 7) is 0.188. The van der Waals surface area contributed by atoms with Crippen molar-refractivity contribution in [2.45, 2.75) is 43.2 Å². The average Bonchev–Trinajstić information content (AvgIpc) is 3.63. The van der Waals surface area contributed by atoms with Gasteiger partial charge in [-0.2, -0.15) is 0 Å². The highest BCUT2D eigenvalue weighted by Crippen LogP contribution is 2.40. The Balaban J connectivity index is 1.12. The zero-order valence-electron chi connectivity index (χ0n) is 25.3. The molecule has 2 amide bonds. The summed E-state index contributed by atoms with van der Waals surface area (Å²) in [5.41, 5.74) is 6.48. The van der Waals surface area contributed by atoms with Gasteiger partial charge >= 0.3 is 0 Å². The Morgan fingerprint density at radius 3 is 2.24 bits per heavy atom. The predicted octanol–water partition coefficient (Wildman–Crippen LogP) is 6.71. The minimum absolute atomic E-state index is 0.00718. The van der Waals surface area contributed by atoms with E-state index in [9.17, 15) is 14.7 Å². The van der Waals surface area contributed by atoms with Crippen molar-refractivity contribution in [1.29, 1.82) is 0 Å². The van der Waals surface area contributed by atoms with E-state index < -0.39 is 6.29 Å². The number of aryl methyl sites for hydroxylation is 1. The van der Waals surface area contributed by atoms with Crippen molar-refractivity contribution in [1.82, 2.24) is 14.5 Å². The molecule has 1 saturated heterocycles. The second kappa shape index (κ2) is 13.1. The molecule has 2 aliphatic rings. The highest BCUT2D eigenvalue weighted by Gasteiger charge is 2.35. The molecule has 0 spiro atoms. The summed E-state index contributed by atoms with van der Waals surface area (Å²) >= 11 is 1.66. The molecule has 46 heavy (non-hydrogen) atoms. The minimum Gasteiger partial charge on any atom is -0.392 e. The molecule has 1 aromatic heterocycles. The largest absolute Gasteiger partial charge is 0.392 e. The van der Waals surface area contributed by atoms with Gasteiger partial charge in [0.25, 0.3) is 11.8 Å². The number of aromatic nitrogens is 2. The first-order valence-corrected chi connectivity index (χ1v) is 16.2. The fraction of sp³-hybridized carbons (Fsp3) is 0.216. The number of hydrogen-bond donors (Lipinski definition) is 1. The van der Waals surface area contributed by atoms with Crippen LogP contribution in [0.1, 0.15) is 61.8 Å². The summed E-state index contributed by atoms with van der Waals surface area (Å²) in [6, 6.07) is 30.8. The summed E-state index contributed by atoms with van der Waals surface area (Å²) in [5, 5.41) is 10.5. The third-order valence-electron chi connectivity index (χ3n) is 8.43. The van der Waals surface area contributed by atoms with Gasteiger partial charge in [-0.1, -0.05) is 84.6 Å². The molecule has 0 unspecified atom stereocenters. The maximum absolute atomic E-state index is 13.0. The van der Waals surface area contributed by atoms with Gasteiger partial charge in [0.1, 0.15) is 0 Å². The van der Waals surface area contributed by atoms with Gasteiger partial charge in [0.05, 0.1) is 36.5 Å². The number of nitrogens with zero attached hydrogens (tertiary/aromatic N) is 3. The lowest BCUT2D eigenvalue weighted by molar-refractivity contribution is -0.245. The van der Waals surface area contributed by atoms with E-state index in [1.165, 1.54) is 4.90 Å². The smallest absolute Gasteiger partial charge is 0.261 e. The highest BCUT2D eigenvalue weighted by atomic mass is 32.2. The molecule has 7 rings (SSSR count). The van der Waals surface area contributed by atoms with Crippen molar-refractivity contribution in [2.24, 2.45) is 7.05 Å². The Kier molecular flexibility index (Phi) is 8.55. The van der Waals surface area contributed by atoms with Gasteiger partial charge in [-0.15, -0.1) is 0 Å². The molecular weight excluding hydrogens is 598 g/mol. The number of imide groups is 1. The number of fused-ring (bicyclic) bond motifs is 1. The number of ether oxygens (including phenoxy) is 2. The zero-order chi connectivity index (χ0) is 31.6. The third kappa shape index (κ3) is 6.15. The van der Waals surface area contributed by atoms with E-state index in [1.807, 2.05) is 84.5 Å². The van der Waals surface area contributed by atoms with Crippen molar-refractivity contribution < 1.29 is 24.2 Å². The molecule has 9 heteroatoms. The molecule has 1 fully saturated rings. The van der Waals surface area contributed by atoms with Crippen LogP contribution in [0.5, 0.6) is 0 Å². The Labute approximate surface area is 271 Å². The molecule has 4 aromatic carbocycles. The first kappa shape index (κ1) is 30.1. The molecule has 3 atom stereocenters. The van der Waals surface area contributed by atoms with Gasteiger partial charge < -0.3 is 19.1 Å². The van der Waals surface area contributed by atoms with Crippen LogP contribution in [0.2, 0.25) is 0 Å². The number of imidazole rings is 1. The van der Waals surface area contributed by atoms with Gasteiger partial charge in [-0.25, -0.2) is 4.98 Å². The Bertz CT molecular complexity index is 1850. The predicted molar refractivity (Wildman–Crippen MR) is 175 cm³/mol. The average molecular weight is 632 g/mol. The van der Waals surface area contributed by atoms with Gasteiger partial charge in [0, 0.05) is 37.2 Å². The van der Waals surface area contributed by atoms with Crippen molar-refractivity contribution in [3.8, 4) is 11.1 Å². The first-order chi connectivity index (χ1) is 22.5. The number of hydrogen-bond acceptors (Lipinski definition) is 7. The number of carbonyl (C=O) groups excluding carboxylic acids is 2. The lowest BCUT2D eigenvalue weighted by atomic mass is 9.99. The van der Waals surface area contributed by atoms with E-state index in [4.69, 9.17) is 9.47 Å². The minimum atomic E-state index is -0.593. The second-order valence-electron chi connectivity index (χ2n) is 11.5. The number of carbonyl (C=O) groups is 2. The summed E-state index contributed by atoms with van der Waals surface area (Å²) < 4.78 is 15.1. The van der Waals surface area contributed by atoms with Crippen molar-refractivity contribution in [3.05, 3.63) is 143 Å². The second-order valence-corrected chi connectivity index (χ2v) is 12.5. The highest BCUT2D eigenvalue weighted by molar-refractivity contribution is 7.99. The lowest BCUT2D eigenvalue weighted by Gasteiger charge is -2.36. The van der Waals surface area contributed by atoms with Gasteiger partial charge in [0.2, 0.25) is 0 Å². The van der Waals surface area contributed by atoms with Crippen molar-refractivity contribution in [3.63, 3.8) is 0 Å². The van der Waals surface area contributed by atoms with Crippen LogP contribution in [0.25, 0.3) is 11.1 Å². The van der Waals surface area contributed by atoms with Gasteiger partial charge in [-0.05, 0) is 52.1 Å². The van der Waals surface area contributed by atoms with E-state index >= 15 is 0 Å². The van der Waals surface area contributed by atoms with Gasteiger partial charge in [0.15, 0.2) is 11.4 Å². The molecule has 0 bridgehead atoms. The summed E-state index contributed by atoms with van der Waals surface area (Å²) in [5.74, 6) is 0.182. The number of thioether (sulfide) groups is 1. The standard InChI is InChI=1S/C37H33N3O5S/c1-39-17-16-38-37(39)46-23-30-20-33(26-14-12-24(22-41)13-15-26)45-36(44-30)29-9-5-8-28(19-29)27-7-4-6-25(18-27)21-40-34(42)31-10-2-3-11-32(31)35(40)43/h2-19,30,33,36,41H,20-23H2,1H3/t30-,33+,36+/m0/s1. The van der Waals surface area contributed by atoms with Crippen LogP contribution >= 0.6 is 11.8 Å². The normalized spacial score (nSPS) is 19.4. The topological polar surface area (TPSA) is 93.9 Å². The van der Waals surface area contributed by atoms with Crippen molar-refractivity contribution in [2.75, 3.05) is 5.75 Å². The molecule has 5 aromatic rings. The molecule has 1 N–H and O–H groups in total. The van der Waals surface area contributed by atoms with E-state index in [0.717, 1.165) is 44.3 Å². The fourth-order valence-corrected chi connectivity index (χ4v) is 6.91. The van der Waals surface area contributed by atoms with Crippen LogP contribution in [0, 0.1) is 0 Å². The van der Waals surface area contributed by atoms with Gasteiger partial charge in [-0.3, -0.25) is 14.5 Å². The molecule has 232 valence electrons. The molecular formula is C37H33N3O5S. The molecule has 0 aliphatic carbocycles. The fourth-order valence-electron chi connectivity index (χ4n) is 5.96. The molecule has 3 heterocycles. The molecule has 8 nitrogen and oxygen atoms in total. The molecule has 0 radical (unpaired) electrons. The number of aliphatic hydroxyl groups is 1. The number of amides is 2. The summed E-state index contributed by atoms with van der Waals surface area (Å²) in [7, 11) is 1.98.